The van der Waals surface area contributed by atoms with Crippen LogP contribution < -0.4 is 10.6 Å². The minimum atomic E-state index is -0.139. The molecule has 0 unspecified atom stereocenters. The number of hydrogen-bond donors (Lipinski definition) is 0. The molecule has 0 aliphatic carbocycles. The Labute approximate surface area is 151 Å². The molecule has 2 rings (SSSR count). The molecule has 0 heterocycles. The standard InChI is InChI=1S/C22H32P2/c1-13-11-19(23(7)8)21(17(5)15(13)3)22-18(6)16(4)14(2)12-20(22)24(9)10/h11-12H,1-10H3. The second-order valence-corrected chi connectivity index (χ2v) is 12.0. The predicted octanol–water partition coefficient (Wildman–Crippen LogP) is 5.94. The second kappa shape index (κ2) is 7.27. The van der Waals surface area contributed by atoms with Crippen molar-refractivity contribution in [2.75, 3.05) is 26.7 Å². The largest absolute Gasteiger partial charge is 0.0810 e. The molecular weight excluding hydrogens is 326 g/mol. The molecule has 0 atom stereocenters. The first-order valence-corrected chi connectivity index (χ1v) is 13.1. The van der Waals surface area contributed by atoms with Crippen molar-refractivity contribution in [1.29, 1.82) is 0 Å². The summed E-state index contributed by atoms with van der Waals surface area (Å²) in [6.07, 6.45) is 0. The highest BCUT2D eigenvalue weighted by Crippen LogP contribution is 2.41. The topological polar surface area (TPSA) is 0 Å². The van der Waals surface area contributed by atoms with E-state index in [1.165, 1.54) is 44.5 Å². The van der Waals surface area contributed by atoms with Crippen LogP contribution in [0.3, 0.4) is 0 Å². The lowest BCUT2D eigenvalue weighted by Crippen LogP contribution is -2.17. The maximum Gasteiger partial charge on any atom is -0.00659 e. The Bertz CT molecular complexity index is 716. The van der Waals surface area contributed by atoms with Gasteiger partial charge in [0.25, 0.3) is 0 Å². The minimum Gasteiger partial charge on any atom is -0.0810 e. The summed E-state index contributed by atoms with van der Waals surface area (Å²) < 4.78 is 0. The van der Waals surface area contributed by atoms with E-state index in [9.17, 15) is 0 Å². The normalized spacial score (nSPS) is 11.7. The summed E-state index contributed by atoms with van der Waals surface area (Å²) in [6.45, 7) is 23.3. The van der Waals surface area contributed by atoms with Gasteiger partial charge < -0.3 is 0 Å². The smallest absolute Gasteiger partial charge is 0.00659 e. The van der Waals surface area contributed by atoms with Crippen molar-refractivity contribution in [2.45, 2.75) is 41.5 Å². The molecule has 0 radical (unpaired) electrons. The first kappa shape index (κ1) is 19.6. The van der Waals surface area contributed by atoms with Gasteiger partial charge in [0.2, 0.25) is 0 Å². The Morgan fingerprint density at radius 2 is 0.792 bits per heavy atom. The van der Waals surface area contributed by atoms with Crippen molar-refractivity contribution in [2.24, 2.45) is 0 Å². The van der Waals surface area contributed by atoms with Gasteiger partial charge in [-0.15, -0.1) is 0 Å². The first-order chi connectivity index (χ1) is 11.1. The van der Waals surface area contributed by atoms with E-state index >= 15 is 0 Å². The predicted molar refractivity (Wildman–Crippen MR) is 117 cm³/mol. The molecule has 0 spiro atoms. The minimum absolute atomic E-state index is 0.139. The zero-order valence-electron chi connectivity index (χ0n) is 17.0. The van der Waals surface area contributed by atoms with Crippen molar-refractivity contribution in [3.63, 3.8) is 0 Å². The van der Waals surface area contributed by atoms with Crippen molar-refractivity contribution in [3.05, 3.63) is 45.5 Å². The molecule has 0 saturated carbocycles. The fourth-order valence-corrected chi connectivity index (χ4v) is 5.82. The van der Waals surface area contributed by atoms with E-state index in [2.05, 4.69) is 80.3 Å². The summed E-state index contributed by atoms with van der Waals surface area (Å²) in [5.41, 5.74) is 11.8. The van der Waals surface area contributed by atoms with Crippen LogP contribution in [0.1, 0.15) is 33.4 Å². The summed E-state index contributed by atoms with van der Waals surface area (Å²) in [5, 5.41) is 3.13. The fraction of sp³-hybridized carbons (Fsp3) is 0.455. The molecule has 0 aromatic heterocycles. The Balaban J connectivity index is 3.02. The highest BCUT2D eigenvalue weighted by Gasteiger charge is 2.21. The summed E-state index contributed by atoms with van der Waals surface area (Å²) in [4.78, 5) is 0. The highest BCUT2D eigenvalue weighted by atomic mass is 31.1. The van der Waals surface area contributed by atoms with Crippen molar-refractivity contribution >= 4 is 26.5 Å². The molecule has 0 amide bonds. The molecule has 0 nitrogen and oxygen atoms in total. The third-order valence-corrected chi connectivity index (χ3v) is 8.12. The van der Waals surface area contributed by atoms with E-state index in [-0.39, 0.29) is 15.8 Å². The fourth-order valence-electron chi connectivity index (χ4n) is 3.46. The van der Waals surface area contributed by atoms with Gasteiger partial charge in [0.1, 0.15) is 0 Å². The van der Waals surface area contributed by atoms with Gasteiger partial charge in [0.15, 0.2) is 0 Å². The Morgan fingerprint density at radius 3 is 1.04 bits per heavy atom. The van der Waals surface area contributed by atoms with Crippen LogP contribution in [0.4, 0.5) is 0 Å². The number of rotatable bonds is 3. The van der Waals surface area contributed by atoms with Gasteiger partial charge in [-0.05, 0) is 123 Å². The molecule has 2 aromatic rings. The van der Waals surface area contributed by atoms with E-state index in [4.69, 9.17) is 0 Å². The maximum atomic E-state index is 2.45. The van der Waals surface area contributed by atoms with E-state index < -0.39 is 0 Å². The zero-order chi connectivity index (χ0) is 18.3. The number of aryl methyl sites for hydroxylation is 2. The maximum absolute atomic E-state index is 2.45. The molecule has 0 N–H and O–H groups in total. The average molecular weight is 358 g/mol. The van der Waals surface area contributed by atoms with Crippen molar-refractivity contribution in [3.8, 4) is 11.1 Å². The lowest BCUT2D eigenvalue weighted by atomic mass is 9.89. The van der Waals surface area contributed by atoms with Crippen LogP contribution in [-0.2, 0) is 0 Å². The van der Waals surface area contributed by atoms with Gasteiger partial charge in [-0.1, -0.05) is 28.0 Å². The van der Waals surface area contributed by atoms with Gasteiger partial charge >= 0.3 is 0 Å². The Hall–Kier alpha value is -0.700. The van der Waals surface area contributed by atoms with E-state index in [1.54, 1.807) is 10.6 Å². The van der Waals surface area contributed by atoms with Crippen molar-refractivity contribution in [1.82, 2.24) is 0 Å². The Morgan fingerprint density at radius 1 is 0.500 bits per heavy atom. The van der Waals surface area contributed by atoms with Crippen LogP contribution in [0.25, 0.3) is 11.1 Å². The molecule has 0 aliphatic rings. The quantitative estimate of drug-likeness (QED) is 0.596. The van der Waals surface area contributed by atoms with Gasteiger partial charge in [-0.3, -0.25) is 0 Å². The van der Waals surface area contributed by atoms with Gasteiger partial charge in [0.05, 0.1) is 0 Å². The molecule has 2 aromatic carbocycles. The van der Waals surface area contributed by atoms with Crippen LogP contribution in [0.5, 0.6) is 0 Å². The van der Waals surface area contributed by atoms with Crippen molar-refractivity contribution < 1.29 is 0 Å². The van der Waals surface area contributed by atoms with E-state index in [0.29, 0.717) is 0 Å². The zero-order valence-corrected chi connectivity index (χ0v) is 18.8. The number of benzene rings is 2. The first-order valence-electron chi connectivity index (χ1n) is 8.64. The molecule has 130 valence electrons. The Kier molecular flexibility index (Phi) is 5.95. The van der Waals surface area contributed by atoms with Gasteiger partial charge in [0, 0.05) is 0 Å². The van der Waals surface area contributed by atoms with Crippen LogP contribution in [0.15, 0.2) is 12.1 Å². The van der Waals surface area contributed by atoms with Gasteiger partial charge in [-0.25, -0.2) is 0 Å². The molecule has 24 heavy (non-hydrogen) atoms. The lowest BCUT2D eigenvalue weighted by Gasteiger charge is -2.26. The third-order valence-electron chi connectivity index (χ3n) is 5.49. The highest BCUT2D eigenvalue weighted by molar-refractivity contribution is 7.65. The molecule has 0 saturated heterocycles. The average Bonchev–Trinajstić information content (AvgIpc) is 2.50. The van der Waals surface area contributed by atoms with Crippen LogP contribution in [0.2, 0.25) is 0 Å². The van der Waals surface area contributed by atoms with Gasteiger partial charge in [-0.2, -0.15) is 0 Å². The second-order valence-electron chi connectivity index (χ2n) is 7.46. The van der Waals surface area contributed by atoms with E-state index in [1.807, 2.05) is 0 Å². The van der Waals surface area contributed by atoms with Crippen LogP contribution in [0, 0.1) is 41.5 Å². The number of hydrogen-bond acceptors (Lipinski definition) is 0. The summed E-state index contributed by atoms with van der Waals surface area (Å²) in [7, 11) is -0.278. The summed E-state index contributed by atoms with van der Waals surface area (Å²) in [6, 6.07) is 4.91. The molecule has 0 fully saturated rings. The van der Waals surface area contributed by atoms with Crippen LogP contribution in [-0.4, -0.2) is 26.7 Å². The third kappa shape index (κ3) is 3.34. The molecular formula is C22H32P2. The lowest BCUT2D eigenvalue weighted by molar-refractivity contribution is 1.25. The monoisotopic (exact) mass is 358 g/mol. The molecule has 0 bridgehead atoms. The molecule has 2 heteroatoms. The summed E-state index contributed by atoms with van der Waals surface area (Å²) in [5.74, 6) is 0. The van der Waals surface area contributed by atoms with E-state index in [0.717, 1.165) is 0 Å². The SMILES string of the molecule is Cc1cc(P(C)C)c(-c2c(P(C)C)cc(C)c(C)c2C)c(C)c1C. The molecule has 0 aliphatic heterocycles. The summed E-state index contributed by atoms with van der Waals surface area (Å²) >= 11 is 0. The van der Waals surface area contributed by atoms with Crippen LogP contribution >= 0.6 is 15.8 Å².